The van der Waals surface area contributed by atoms with Crippen LogP contribution in [0.1, 0.15) is 19.4 Å². The van der Waals surface area contributed by atoms with Gasteiger partial charge in [-0.15, -0.1) is 0 Å². The Balaban J connectivity index is 1.73. The summed E-state index contributed by atoms with van der Waals surface area (Å²) in [5.41, 5.74) is -0.573. The van der Waals surface area contributed by atoms with Crippen molar-refractivity contribution in [2.24, 2.45) is 0 Å². The molecule has 0 fully saturated rings. The quantitative estimate of drug-likeness (QED) is 0.209. The highest BCUT2D eigenvalue weighted by Crippen LogP contribution is 2.35. The molecule has 0 spiro atoms. The van der Waals surface area contributed by atoms with Gasteiger partial charge in [0.2, 0.25) is 5.91 Å². The molecule has 1 amide bonds. The zero-order valence-corrected chi connectivity index (χ0v) is 21.2. The van der Waals surface area contributed by atoms with Crippen molar-refractivity contribution in [1.29, 1.82) is 0 Å². The first-order valence-corrected chi connectivity index (χ1v) is 12.4. The van der Waals surface area contributed by atoms with E-state index < -0.39 is 22.9 Å². The molecule has 0 unspecified atom stereocenters. The van der Waals surface area contributed by atoms with Crippen LogP contribution in [-0.2, 0) is 11.0 Å². The normalized spacial score (nSPS) is 12.4. The minimum absolute atomic E-state index is 0.0371. The Labute approximate surface area is 219 Å². The summed E-state index contributed by atoms with van der Waals surface area (Å²) in [7, 11) is 0. The van der Waals surface area contributed by atoms with Crippen molar-refractivity contribution in [2.75, 3.05) is 11.9 Å². The number of hydrogen-bond donors (Lipinski definition) is 1. The Kier molecular flexibility index (Phi) is 7.79. The number of halogens is 4. The third-order valence-electron chi connectivity index (χ3n) is 5.35. The Hall–Kier alpha value is -3.50. The third kappa shape index (κ3) is 5.75. The number of fused-ring (bicyclic) bond motifs is 1. The Morgan fingerprint density at radius 2 is 1.84 bits per heavy atom. The van der Waals surface area contributed by atoms with Gasteiger partial charge in [-0.1, -0.05) is 47.6 Å². The average Bonchev–Trinajstić information content (AvgIpc) is 2.86. The summed E-state index contributed by atoms with van der Waals surface area (Å²) >= 11 is 7.02. The lowest BCUT2D eigenvalue weighted by Crippen LogP contribution is -2.26. The fourth-order valence-corrected chi connectivity index (χ4v) is 4.65. The summed E-state index contributed by atoms with van der Waals surface area (Å²) in [4.78, 5) is 31.2. The number of carbonyl (C=O) groups is 1. The van der Waals surface area contributed by atoms with Crippen LogP contribution in [0.3, 0.4) is 0 Å². The molecule has 1 aromatic heterocycles. The van der Waals surface area contributed by atoms with Crippen LogP contribution in [0.2, 0.25) is 5.02 Å². The van der Waals surface area contributed by atoms with E-state index in [9.17, 15) is 22.8 Å². The van der Waals surface area contributed by atoms with Gasteiger partial charge in [0.05, 0.1) is 44.7 Å². The zero-order chi connectivity index (χ0) is 26.7. The van der Waals surface area contributed by atoms with E-state index in [0.29, 0.717) is 28.9 Å². The minimum Gasteiger partial charge on any atom is -0.492 e. The lowest BCUT2D eigenvalue weighted by Gasteiger charge is -2.19. The molecule has 11 heteroatoms. The summed E-state index contributed by atoms with van der Waals surface area (Å²) in [6.07, 6.45) is -4.59. The second kappa shape index (κ2) is 10.9. The number of ether oxygens (including phenoxy) is 1. The van der Waals surface area contributed by atoms with Gasteiger partial charge < -0.3 is 10.1 Å². The summed E-state index contributed by atoms with van der Waals surface area (Å²) in [6.45, 7) is 3.74. The summed E-state index contributed by atoms with van der Waals surface area (Å²) in [6, 6.07) is 16.5. The maximum Gasteiger partial charge on any atom is 0.416 e. The molecule has 0 radical (unpaired) electrons. The fraction of sp³-hybridized carbons (Fsp3) is 0.192. The molecular formula is C26H21ClF3N3O3S. The molecule has 0 aliphatic rings. The molecule has 192 valence electrons. The number of aromatic nitrogens is 2. The van der Waals surface area contributed by atoms with Crippen LogP contribution in [0.15, 0.2) is 76.7 Å². The number of nitrogens with zero attached hydrogens (tertiary/aromatic N) is 2. The highest BCUT2D eigenvalue weighted by atomic mass is 35.5. The molecule has 1 N–H and O–H groups in total. The highest BCUT2D eigenvalue weighted by molar-refractivity contribution is 8.00. The predicted octanol–water partition coefficient (Wildman–Crippen LogP) is 6.58. The van der Waals surface area contributed by atoms with Gasteiger partial charge in [0.25, 0.3) is 5.56 Å². The van der Waals surface area contributed by atoms with Crippen LogP contribution < -0.4 is 15.6 Å². The molecule has 4 aromatic rings. The van der Waals surface area contributed by atoms with E-state index in [4.69, 9.17) is 16.3 Å². The number of carbonyl (C=O) groups excluding carboxylic acids is 1. The van der Waals surface area contributed by atoms with Crippen LogP contribution in [-0.4, -0.2) is 27.3 Å². The number of thioether (sulfide) groups is 1. The van der Waals surface area contributed by atoms with E-state index in [1.807, 2.05) is 6.92 Å². The summed E-state index contributed by atoms with van der Waals surface area (Å²) in [5, 5.41) is 2.16. The SMILES string of the molecule is CCOc1ccccc1-n1c(S[C@@H](C)C(=O)Nc2cc(C(F)(F)F)ccc2Cl)nc2ccccc2c1=O. The van der Waals surface area contributed by atoms with Gasteiger partial charge in [-0.2, -0.15) is 13.2 Å². The summed E-state index contributed by atoms with van der Waals surface area (Å²) < 4.78 is 46.5. The minimum atomic E-state index is -4.59. The molecule has 0 saturated carbocycles. The molecule has 1 heterocycles. The van der Waals surface area contributed by atoms with E-state index in [2.05, 4.69) is 10.3 Å². The lowest BCUT2D eigenvalue weighted by atomic mass is 10.2. The Morgan fingerprint density at radius 3 is 2.57 bits per heavy atom. The molecule has 0 aliphatic heterocycles. The summed E-state index contributed by atoms with van der Waals surface area (Å²) in [5.74, 6) is -0.155. The van der Waals surface area contributed by atoms with Crippen LogP contribution in [0.5, 0.6) is 5.75 Å². The van der Waals surface area contributed by atoms with Crippen molar-refractivity contribution < 1.29 is 22.7 Å². The van der Waals surface area contributed by atoms with Crippen LogP contribution in [0, 0.1) is 0 Å². The van der Waals surface area contributed by atoms with Crippen molar-refractivity contribution in [3.05, 3.63) is 87.7 Å². The van der Waals surface area contributed by atoms with Gasteiger partial charge >= 0.3 is 6.18 Å². The Bertz CT molecular complexity index is 1520. The topological polar surface area (TPSA) is 73.2 Å². The predicted molar refractivity (Wildman–Crippen MR) is 139 cm³/mol. The van der Waals surface area contributed by atoms with Crippen molar-refractivity contribution >= 4 is 45.9 Å². The maximum atomic E-state index is 13.6. The lowest BCUT2D eigenvalue weighted by molar-refractivity contribution is -0.137. The Morgan fingerprint density at radius 1 is 1.14 bits per heavy atom. The maximum absolute atomic E-state index is 13.6. The first-order chi connectivity index (χ1) is 17.6. The second-order valence-corrected chi connectivity index (χ2v) is 9.61. The first-order valence-electron chi connectivity index (χ1n) is 11.2. The fourth-order valence-electron chi connectivity index (χ4n) is 3.57. The van der Waals surface area contributed by atoms with Crippen molar-refractivity contribution in [3.63, 3.8) is 0 Å². The highest BCUT2D eigenvalue weighted by Gasteiger charge is 2.31. The molecule has 0 aliphatic carbocycles. The van der Waals surface area contributed by atoms with Crippen molar-refractivity contribution in [1.82, 2.24) is 9.55 Å². The smallest absolute Gasteiger partial charge is 0.416 e. The van der Waals surface area contributed by atoms with Gasteiger partial charge in [0.1, 0.15) is 5.75 Å². The van der Waals surface area contributed by atoms with Crippen LogP contribution >= 0.6 is 23.4 Å². The van der Waals surface area contributed by atoms with Gasteiger partial charge in [-0.3, -0.25) is 14.2 Å². The second-order valence-electron chi connectivity index (χ2n) is 7.89. The molecule has 37 heavy (non-hydrogen) atoms. The molecular weight excluding hydrogens is 527 g/mol. The van der Waals surface area contributed by atoms with E-state index in [0.717, 1.165) is 30.0 Å². The van der Waals surface area contributed by atoms with Crippen molar-refractivity contribution in [2.45, 2.75) is 30.4 Å². The van der Waals surface area contributed by atoms with E-state index in [-0.39, 0.29) is 21.4 Å². The van der Waals surface area contributed by atoms with Crippen LogP contribution in [0.25, 0.3) is 16.6 Å². The molecule has 0 bridgehead atoms. The van der Waals surface area contributed by atoms with E-state index >= 15 is 0 Å². The number of hydrogen-bond acceptors (Lipinski definition) is 5. The number of nitrogens with one attached hydrogen (secondary N) is 1. The molecule has 4 rings (SSSR count). The standard InChI is InChI=1S/C26H21ClF3N3O3S/c1-3-36-22-11-7-6-10-21(22)33-24(35)17-8-4-5-9-19(17)32-25(33)37-15(2)23(34)31-20-14-16(26(28,29)30)12-13-18(20)27/h4-15H,3H2,1-2H3,(H,31,34)/t15-/m0/s1. The molecule has 3 aromatic carbocycles. The number of para-hydroxylation sites is 3. The number of anilines is 1. The van der Waals surface area contributed by atoms with Gasteiger partial charge in [-0.05, 0) is 56.3 Å². The van der Waals surface area contributed by atoms with Crippen molar-refractivity contribution in [3.8, 4) is 11.4 Å². The molecule has 6 nitrogen and oxygen atoms in total. The van der Waals surface area contributed by atoms with E-state index in [1.165, 1.54) is 4.57 Å². The van der Waals surface area contributed by atoms with Gasteiger partial charge in [-0.25, -0.2) is 4.98 Å². The average molecular weight is 548 g/mol. The largest absolute Gasteiger partial charge is 0.492 e. The zero-order valence-electron chi connectivity index (χ0n) is 19.7. The molecule has 0 saturated heterocycles. The number of rotatable bonds is 7. The number of alkyl halides is 3. The molecule has 1 atom stereocenters. The van der Waals surface area contributed by atoms with Crippen LogP contribution in [0.4, 0.5) is 18.9 Å². The first kappa shape index (κ1) is 26.6. The third-order valence-corrected chi connectivity index (χ3v) is 6.74. The number of amides is 1. The van der Waals surface area contributed by atoms with Gasteiger partial charge in [0.15, 0.2) is 5.16 Å². The monoisotopic (exact) mass is 547 g/mol. The number of benzene rings is 3. The van der Waals surface area contributed by atoms with Gasteiger partial charge in [0, 0.05) is 0 Å². The van der Waals surface area contributed by atoms with E-state index in [1.54, 1.807) is 55.5 Å².